The summed E-state index contributed by atoms with van der Waals surface area (Å²) in [5.74, 6) is -0.963. The van der Waals surface area contributed by atoms with Crippen molar-refractivity contribution >= 4 is 21.9 Å². The van der Waals surface area contributed by atoms with Crippen LogP contribution in [0, 0.1) is 12.7 Å². The van der Waals surface area contributed by atoms with Gasteiger partial charge in [-0.3, -0.25) is 0 Å². The van der Waals surface area contributed by atoms with Gasteiger partial charge in [-0.15, -0.1) is 0 Å². The molecule has 0 spiro atoms. The predicted octanol–water partition coefficient (Wildman–Crippen LogP) is 3.07. The number of esters is 1. The highest BCUT2D eigenvalue weighted by molar-refractivity contribution is 9.10. The fourth-order valence-corrected chi connectivity index (χ4v) is 1.71. The van der Waals surface area contributed by atoms with E-state index in [0.717, 1.165) is 0 Å². The quantitative estimate of drug-likeness (QED) is 0.765. The Morgan fingerprint density at radius 3 is 2.79 bits per heavy atom. The summed E-state index contributed by atoms with van der Waals surface area (Å²) in [7, 11) is 0. The molecular formula is C10H10BrFO2. The molecule has 1 rings (SSSR count). The maximum atomic E-state index is 13.1. The Morgan fingerprint density at radius 1 is 1.57 bits per heavy atom. The van der Waals surface area contributed by atoms with E-state index >= 15 is 0 Å². The average molecular weight is 261 g/mol. The number of hydrogen-bond donors (Lipinski definition) is 0. The van der Waals surface area contributed by atoms with Gasteiger partial charge in [0.25, 0.3) is 0 Å². The van der Waals surface area contributed by atoms with Crippen LogP contribution in [0.5, 0.6) is 0 Å². The van der Waals surface area contributed by atoms with Crippen molar-refractivity contribution in [3.63, 3.8) is 0 Å². The van der Waals surface area contributed by atoms with E-state index in [1.165, 1.54) is 6.07 Å². The lowest BCUT2D eigenvalue weighted by molar-refractivity contribution is 0.0524. The molecule has 0 unspecified atom stereocenters. The highest BCUT2D eigenvalue weighted by atomic mass is 79.9. The minimum atomic E-state index is -0.503. The normalized spacial score (nSPS) is 10.0. The number of rotatable bonds is 2. The smallest absolute Gasteiger partial charge is 0.339 e. The molecule has 0 amide bonds. The van der Waals surface area contributed by atoms with Gasteiger partial charge in [-0.25, -0.2) is 9.18 Å². The van der Waals surface area contributed by atoms with Gasteiger partial charge in [0.1, 0.15) is 5.82 Å². The Bertz CT molecular complexity index is 363. The molecule has 2 nitrogen and oxygen atoms in total. The third-order valence-corrected chi connectivity index (χ3v) is 2.56. The number of ether oxygens (including phenoxy) is 1. The molecule has 0 atom stereocenters. The largest absolute Gasteiger partial charge is 0.462 e. The van der Waals surface area contributed by atoms with Crippen LogP contribution in [0.15, 0.2) is 16.6 Å². The first-order valence-corrected chi connectivity index (χ1v) is 4.99. The van der Waals surface area contributed by atoms with Gasteiger partial charge in [0.2, 0.25) is 0 Å². The lowest BCUT2D eigenvalue weighted by Gasteiger charge is -2.07. The van der Waals surface area contributed by atoms with E-state index in [4.69, 9.17) is 4.74 Å². The minimum absolute atomic E-state index is 0.163. The second-order valence-electron chi connectivity index (χ2n) is 2.77. The van der Waals surface area contributed by atoms with E-state index < -0.39 is 11.8 Å². The molecule has 76 valence electrons. The van der Waals surface area contributed by atoms with E-state index in [2.05, 4.69) is 15.9 Å². The fourth-order valence-electron chi connectivity index (χ4n) is 1.10. The fraction of sp³-hybridized carbons (Fsp3) is 0.300. The van der Waals surface area contributed by atoms with Crippen LogP contribution in [0.4, 0.5) is 4.39 Å². The second-order valence-corrected chi connectivity index (χ2v) is 3.57. The van der Waals surface area contributed by atoms with Gasteiger partial charge in [0.05, 0.1) is 16.6 Å². The number of carbonyl (C=O) groups excluding carboxylic acids is 1. The number of halogens is 2. The first-order chi connectivity index (χ1) is 6.57. The molecule has 0 heterocycles. The highest BCUT2D eigenvalue weighted by Gasteiger charge is 2.16. The number of hydrogen-bond acceptors (Lipinski definition) is 2. The molecule has 0 N–H and O–H groups in total. The summed E-state index contributed by atoms with van der Waals surface area (Å²) >= 11 is 3.03. The lowest BCUT2D eigenvalue weighted by atomic mass is 10.1. The average Bonchev–Trinajstić information content (AvgIpc) is 2.13. The van der Waals surface area contributed by atoms with Crippen LogP contribution in [0.1, 0.15) is 22.8 Å². The van der Waals surface area contributed by atoms with Gasteiger partial charge in [-0.05, 0) is 41.4 Å². The number of carbonyl (C=O) groups is 1. The maximum absolute atomic E-state index is 13.1. The molecule has 14 heavy (non-hydrogen) atoms. The third-order valence-electron chi connectivity index (χ3n) is 1.78. The molecule has 0 fully saturated rings. The van der Waals surface area contributed by atoms with Gasteiger partial charge in [0.15, 0.2) is 0 Å². The Balaban J connectivity index is 3.18. The van der Waals surface area contributed by atoms with Crippen molar-refractivity contribution in [2.45, 2.75) is 13.8 Å². The van der Waals surface area contributed by atoms with E-state index in [0.29, 0.717) is 5.56 Å². The Labute approximate surface area is 90.2 Å². The molecule has 1 aromatic rings. The van der Waals surface area contributed by atoms with Crippen molar-refractivity contribution in [3.05, 3.63) is 33.5 Å². The monoisotopic (exact) mass is 260 g/mol. The molecule has 0 radical (unpaired) electrons. The standard InChI is InChI=1S/C10H10BrFO2/c1-3-14-10(13)8-6(2)4-5-7(12)9(8)11/h4-5H,3H2,1-2H3. The summed E-state index contributed by atoms with van der Waals surface area (Å²) in [6, 6.07) is 2.86. The van der Waals surface area contributed by atoms with Crippen LogP contribution in [-0.2, 0) is 4.74 Å². The van der Waals surface area contributed by atoms with Crippen molar-refractivity contribution in [3.8, 4) is 0 Å². The van der Waals surface area contributed by atoms with Gasteiger partial charge in [-0.1, -0.05) is 6.07 Å². The molecule has 0 aromatic heterocycles. The molecule has 0 saturated heterocycles. The molecule has 0 bridgehead atoms. The molecule has 1 aromatic carbocycles. The van der Waals surface area contributed by atoms with Gasteiger partial charge >= 0.3 is 5.97 Å². The van der Waals surface area contributed by atoms with Crippen molar-refractivity contribution in [1.82, 2.24) is 0 Å². The van der Waals surface area contributed by atoms with Crippen LogP contribution in [-0.4, -0.2) is 12.6 Å². The van der Waals surface area contributed by atoms with Crippen molar-refractivity contribution in [2.24, 2.45) is 0 Å². The predicted molar refractivity (Wildman–Crippen MR) is 54.8 cm³/mol. The molecular weight excluding hydrogens is 251 g/mol. The van der Waals surface area contributed by atoms with E-state index in [9.17, 15) is 9.18 Å². The molecule has 0 saturated carbocycles. The van der Waals surface area contributed by atoms with E-state index in [-0.39, 0.29) is 16.6 Å². The SMILES string of the molecule is CCOC(=O)c1c(C)ccc(F)c1Br. The molecule has 0 aliphatic heterocycles. The second kappa shape index (κ2) is 4.55. The summed E-state index contributed by atoms with van der Waals surface area (Å²) in [5, 5.41) is 0. The zero-order valence-electron chi connectivity index (χ0n) is 7.93. The topological polar surface area (TPSA) is 26.3 Å². The first-order valence-electron chi connectivity index (χ1n) is 4.19. The molecule has 0 aliphatic rings. The van der Waals surface area contributed by atoms with Crippen molar-refractivity contribution in [1.29, 1.82) is 0 Å². The van der Waals surface area contributed by atoms with Crippen LogP contribution in [0.3, 0.4) is 0 Å². The summed E-state index contributed by atoms with van der Waals surface area (Å²) < 4.78 is 18.1. The van der Waals surface area contributed by atoms with Crippen LogP contribution < -0.4 is 0 Å². The minimum Gasteiger partial charge on any atom is -0.462 e. The summed E-state index contributed by atoms with van der Waals surface area (Å²) in [6.07, 6.45) is 0. The summed E-state index contributed by atoms with van der Waals surface area (Å²) in [6.45, 7) is 3.72. The van der Waals surface area contributed by atoms with Crippen molar-refractivity contribution in [2.75, 3.05) is 6.61 Å². The summed E-state index contributed by atoms with van der Waals surface area (Å²) in [5.41, 5.74) is 0.948. The Morgan fingerprint density at radius 2 is 2.21 bits per heavy atom. The highest BCUT2D eigenvalue weighted by Crippen LogP contribution is 2.24. The van der Waals surface area contributed by atoms with Crippen LogP contribution >= 0.6 is 15.9 Å². The van der Waals surface area contributed by atoms with Gasteiger partial charge in [-0.2, -0.15) is 0 Å². The molecule has 0 aliphatic carbocycles. The first kappa shape index (κ1) is 11.2. The Kier molecular flexibility index (Phi) is 3.63. The number of aryl methyl sites for hydroxylation is 1. The Hall–Kier alpha value is -0.900. The van der Waals surface area contributed by atoms with Crippen LogP contribution in [0.2, 0.25) is 0 Å². The molecule has 4 heteroatoms. The zero-order valence-corrected chi connectivity index (χ0v) is 9.52. The van der Waals surface area contributed by atoms with Gasteiger partial charge < -0.3 is 4.74 Å². The van der Waals surface area contributed by atoms with Crippen molar-refractivity contribution < 1.29 is 13.9 Å². The summed E-state index contributed by atoms with van der Waals surface area (Å²) in [4.78, 5) is 11.4. The van der Waals surface area contributed by atoms with E-state index in [1.807, 2.05) is 0 Å². The zero-order chi connectivity index (χ0) is 10.7. The van der Waals surface area contributed by atoms with Gasteiger partial charge in [0, 0.05) is 0 Å². The number of benzene rings is 1. The maximum Gasteiger partial charge on any atom is 0.339 e. The lowest BCUT2D eigenvalue weighted by Crippen LogP contribution is -2.08. The third kappa shape index (κ3) is 2.12. The van der Waals surface area contributed by atoms with E-state index in [1.54, 1.807) is 19.9 Å². The van der Waals surface area contributed by atoms with Crippen LogP contribution in [0.25, 0.3) is 0 Å².